The Balaban J connectivity index is 2.30. The molecule has 0 aromatic heterocycles. The van der Waals surface area contributed by atoms with Gasteiger partial charge >= 0.3 is 0 Å². The maximum Gasteiger partial charge on any atom is 0.244 e. The molecule has 0 radical (unpaired) electrons. The summed E-state index contributed by atoms with van der Waals surface area (Å²) < 4.78 is 26.4. The summed E-state index contributed by atoms with van der Waals surface area (Å²) in [6.07, 6.45) is 0.432. The van der Waals surface area contributed by atoms with Gasteiger partial charge in [-0.05, 0) is 12.1 Å². The number of rotatable bonds is 2. The van der Waals surface area contributed by atoms with E-state index in [4.69, 9.17) is 16.8 Å². The predicted molar refractivity (Wildman–Crippen MR) is 73.2 cm³/mol. The van der Waals surface area contributed by atoms with Crippen LogP contribution in [0.5, 0.6) is 0 Å². The third-order valence-corrected chi connectivity index (χ3v) is 5.61. The normalized spacial score (nSPS) is 23.7. The average Bonchev–Trinajstić information content (AvgIpc) is 2.39. The first-order valence-electron chi connectivity index (χ1n) is 5.92. The molecule has 1 N–H and O–H groups in total. The maximum absolute atomic E-state index is 12.5. The number of hydrogen-bond donors (Lipinski definition) is 1. The molecule has 0 bridgehead atoms. The lowest BCUT2D eigenvalue weighted by atomic mass is 10.00. The topological polar surface area (TPSA) is 70.0 Å². The Hall–Kier alpha value is -1.11. The van der Waals surface area contributed by atoms with Crippen molar-refractivity contribution in [2.75, 3.05) is 13.1 Å². The highest BCUT2D eigenvalue weighted by Crippen LogP contribution is 2.27. The van der Waals surface area contributed by atoms with Crippen molar-refractivity contribution >= 4 is 27.3 Å². The number of nitrogens with zero attached hydrogens (tertiary/aromatic N) is 2. The molecule has 5 nitrogen and oxygen atoms in total. The summed E-state index contributed by atoms with van der Waals surface area (Å²) in [7, 11) is -3.59. The molecule has 104 valence electrons. The molecule has 1 aliphatic rings. The van der Waals surface area contributed by atoms with Crippen LogP contribution in [0.4, 0.5) is 0 Å². The summed E-state index contributed by atoms with van der Waals surface area (Å²) in [5.41, 5.74) is 0.630. The summed E-state index contributed by atoms with van der Waals surface area (Å²) in [5.74, 6) is -0.101. The number of benzene rings is 1. The largest absolute Gasteiger partial charge is 0.411 e. The van der Waals surface area contributed by atoms with E-state index < -0.39 is 10.0 Å². The van der Waals surface area contributed by atoms with Gasteiger partial charge < -0.3 is 5.21 Å². The van der Waals surface area contributed by atoms with Gasteiger partial charge in [0.15, 0.2) is 0 Å². The Morgan fingerprint density at radius 3 is 2.68 bits per heavy atom. The van der Waals surface area contributed by atoms with Gasteiger partial charge in [-0.15, -0.1) is 0 Å². The molecule has 0 saturated carbocycles. The molecule has 0 spiro atoms. The molecule has 0 amide bonds. The van der Waals surface area contributed by atoms with Gasteiger partial charge in [-0.3, -0.25) is 0 Å². The second-order valence-electron chi connectivity index (χ2n) is 4.54. The molecule has 1 heterocycles. The molecule has 1 saturated heterocycles. The molecule has 0 aliphatic carbocycles. The summed E-state index contributed by atoms with van der Waals surface area (Å²) >= 11 is 5.95. The van der Waals surface area contributed by atoms with Gasteiger partial charge in [0, 0.05) is 25.4 Å². The maximum atomic E-state index is 12.5. The highest BCUT2D eigenvalue weighted by molar-refractivity contribution is 7.89. The first-order chi connectivity index (χ1) is 8.96. The van der Waals surface area contributed by atoms with Crippen molar-refractivity contribution in [1.29, 1.82) is 0 Å². The van der Waals surface area contributed by atoms with Crippen LogP contribution >= 0.6 is 11.6 Å². The molecular formula is C12H15ClN2O3S. The highest BCUT2D eigenvalue weighted by Gasteiger charge is 2.32. The lowest BCUT2D eigenvalue weighted by Crippen LogP contribution is -2.43. The molecule has 1 fully saturated rings. The first-order valence-corrected chi connectivity index (χ1v) is 7.74. The summed E-state index contributed by atoms with van der Waals surface area (Å²) in [5, 5.41) is 12.2. The quantitative estimate of drug-likeness (QED) is 0.672. The lowest BCUT2D eigenvalue weighted by molar-refractivity contribution is 0.300. The van der Waals surface area contributed by atoms with Crippen LogP contribution < -0.4 is 0 Å². The Morgan fingerprint density at radius 2 is 2.11 bits per heavy atom. The van der Waals surface area contributed by atoms with Crippen molar-refractivity contribution in [2.45, 2.75) is 18.2 Å². The minimum atomic E-state index is -3.59. The molecule has 2 rings (SSSR count). The van der Waals surface area contributed by atoms with Crippen molar-refractivity contribution in [3.8, 4) is 0 Å². The van der Waals surface area contributed by atoms with Gasteiger partial charge in [0.25, 0.3) is 0 Å². The van der Waals surface area contributed by atoms with Crippen molar-refractivity contribution in [3.63, 3.8) is 0 Å². The van der Waals surface area contributed by atoms with Crippen LogP contribution in [0.25, 0.3) is 0 Å². The van der Waals surface area contributed by atoms with Crippen molar-refractivity contribution < 1.29 is 13.6 Å². The molecule has 19 heavy (non-hydrogen) atoms. The minimum absolute atomic E-state index is 0.101. The third-order valence-electron chi connectivity index (χ3n) is 3.25. The number of hydrogen-bond acceptors (Lipinski definition) is 4. The number of halogens is 1. The fourth-order valence-electron chi connectivity index (χ4n) is 2.15. The van der Waals surface area contributed by atoms with Crippen LogP contribution in [-0.4, -0.2) is 36.7 Å². The van der Waals surface area contributed by atoms with E-state index in [1.807, 2.05) is 6.92 Å². The molecule has 1 aliphatic heterocycles. The van der Waals surface area contributed by atoms with E-state index in [-0.39, 0.29) is 15.8 Å². The fraction of sp³-hybridized carbons (Fsp3) is 0.417. The lowest BCUT2D eigenvalue weighted by Gasteiger charge is -2.30. The average molecular weight is 303 g/mol. The van der Waals surface area contributed by atoms with Crippen molar-refractivity contribution in [1.82, 2.24) is 4.31 Å². The van der Waals surface area contributed by atoms with E-state index in [2.05, 4.69) is 5.16 Å². The zero-order valence-corrected chi connectivity index (χ0v) is 12.0. The predicted octanol–water partition coefficient (Wildman–Crippen LogP) is 2.20. The second-order valence-corrected chi connectivity index (χ2v) is 6.85. The van der Waals surface area contributed by atoms with Gasteiger partial charge in [-0.25, -0.2) is 8.42 Å². The molecular weight excluding hydrogens is 288 g/mol. The van der Waals surface area contributed by atoms with Gasteiger partial charge in [0.1, 0.15) is 4.90 Å². The van der Waals surface area contributed by atoms with E-state index in [1.54, 1.807) is 18.2 Å². The standard InChI is InChI=1S/C12H15ClN2O3S/c1-9-8-15(7-6-11(9)14-16)19(17,18)12-5-3-2-4-10(12)13/h2-5,9,16H,6-8H2,1H3/b14-11+. The van der Waals surface area contributed by atoms with Crippen molar-refractivity contribution in [3.05, 3.63) is 29.3 Å². The van der Waals surface area contributed by atoms with E-state index in [0.29, 0.717) is 25.2 Å². The van der Waals surface area contributed by atoms with Gasteiger partial charge in [0.2, 0.25) is 10.0 Å². The van der Waals surface area contributed by atoms with Crippen LogP contribution in [0.1, 0.15) is 13.3 Å². The SMILES string of the molecule is CC1CN(S(=O)(=O)c2ccccc2Cl)CC/C1=N\O. The molecule has 1 atom stereocenters. The molecule has 1 aromatic rings. The van der Waals surface area contributed by atoms with Gasteiger partial charge in [-0.1, -0.05) is 35.8 Å². The summed E-state index contributed by atoms with van der Waals surface area (Å²) in [4.78, 5) is 0.119. The van der Waals surface area contributed by atoms with E-state index >= 15 is 0 Å². The van der Waals surface area contributed by atoms with Crippen molar-refractivity contribution in [2.24, 2.45) is 11.1 Å². The zero-order valence-electron chi connectivity index (χ0n) is 10.5. The fourth-order valence-corrected chi connectivity index (χ4v) is 4.17. The van der Waals surface area contributed by atoms with Crippen LogP contribution in [-0.2, 0) is 10.0 Å². The second kappa shape index (κ2) is 5.48. The summed E-state index contributed by atoms with van der Waals surface area (Å²) in [6, 6.07) is 6.39. The molecule has 1 unspecified atom stereocenters. The van der Waals surface area contributed by atoms with Crippen LogP contribution in [0.2, 0.25) is 5.02 Å². The van der Waals surface area contributed by atoms with Crippen LogP contribution in [0.3, 0.4) is 0 Å². The monoisotopic (exact) mass is 302 g/mol. The Labute approximate surface area is 117 Å². The van der Waals surface area contributed by atoms with E-state index in [1.165, 1.54) is 10.4 Å². The minimum Gasteiger partial charge on any atom is -0.411 e. The number of oxime groups is 1. The van der Waals surface area contributed by atoms with Gasteiger partial charge in [-0.2, -0.15) is 4.31 Å². The molecule has 1 aromatic carbocycles. The Kier molecular flexibility index (Phi) is 4.13. The highest BCUT2D eigenvalue weighted by atomic mass is 35.5. The summed E-state index contributed by atoms with van der Waals surface area (Å²) in [6.45, 7) is 2.44. The zero-order chi connectivity index (χ0) is 14.0. The molecule has 7 heteroatoms. The smallest absolute Gasteiger partial charge is 0.244 e. The van der Waals surface area contributed by atoms with E-state index in [9.17, 15) is 8.42 Å². The number of sulfonamides is 1. The number of piperidine rings is 1. The van der Waals surface area contributed by atoms with Gasteiger partial charge in [0.05, 0.1) is 10.7 Å². The van der Waals surface area contributed by atoms with Crippen LogP contribution in [0.15, 0.2) is 34.3 Å². The first kappa shape index (κ1) is 14.3. The van der Waals surface area contributed by atoms with Crippen LogP contribution in [0, 0.1) is 5.92 Å². The Bertz CT molecular complexity index is 601. The Morgan fingerprint density at radius 1 is 1.42 bits per heavy atom. The third kappa shape index (κ3) is 2.75. The van der Waals surface area contributed by atoms with E-state index in [0.717, 1.165) is 0 Å².